The number of likely N-dealkylation sites (N-methyl/N-ethyl adjacent to an activating group) is 1. The average Bonchev–Trinajstić information content (AvgIpc) is 3.84. The van der Waals surface area contributed by atoms with E-state index in [0.717, 1.165) is 135 Å². The van der Waals surface area contributed by atoms with Crippen LogP contribution in [0.1, 0.15) is 93.9 Å². The second-order valence-corrected chi connectivity index (χ2v) is 20.6. The summed E-state index contributed by atoms with van der Waals surface area (Å²) in [6.45, 7) is 21.7. The molecule has 12 heteroatoms. The number of fused-ring (bicyclic) bond motifs is 5. The summed E-state index contributed by atoms with van der Waals surface area (Å²) in [6, 6.07) is 24.2. The summed E-state index contributed by atoms with van der Waals surface area (Å²) < 4.78 is 5.60. The van der Waals surface area contributed by atoms with E-state index in [1.54, 1.807) is 23.8 Å². The van der Waals surface area contributed by atoms with Crippen molar-refractivity contribution >= 4 is 22.3 Å². The van der Waals surface area contributed by atoms with Crippen molar-refractivity contribution in [2.24, 2.45) is 0 Å². The molecule has 4 aromatic rings. The van der Waals surface area contributed by atoms with Crippen LogP contribution in [0.3, 0.4) is 0 Å². The number of para-hydroxylation sites is 3. The number of benzene rings is 3. The molecule has 0 bridgehead atoms. The molecule has 1 fully saturated rings. The van der Waals surface area contributed by atoms with Gasteiger partial charge in [0.2, 0.25) is 0 Å². The fraction of sp³-hybridized carbons (Fsp3) is 0.525. The van der Waals surface area contributed by atoms with Gasteiger partial charge in [0.25, 0.3) is 0 Å². The minimum Gasteiger partial charge on any atom is -0.685 e. The summed E-state index contributed by atoms with van der Waals surface area (Å²) in [7, 11) is 4.06. The van der Waals surface area contributed by atoms with Gasteiger partial charge < -0.3 is 25.6 Å². The number of aryl methyl sites for hydroxylation is 1. The average molecular weight is 1430 g/mol. The molecule has 1 saturated heterocycles. The van der Waals surface area contributed by atoms with Crippen LogP contribution in [0.2, 0.25) is 0 Å². The first kappa shape index (κ1) is 58.0. The molecule has 10 rings (SSSR count). The molecule has 10 nitrogen and oxygen atoms in total. The van der Waals surface area contributed by atoms with Crippen LogP contribution in [-0.4, -0.2) is 136 Å². The topological polar surface area (TPSA) is 80.6 Å². The maximum Gasteiger partial charge on any atom is 2.00 e. The second kappa shape index (κ2) is 29.7. The van der Waals surface area contributed by atoms with Gasteiger partial charge in [0, 0.05) is 115 Å². The monoisotopic (exact) mass is 1430 g/mol. The molecule has 0 spiro atoms. The summed E-state index contributed by atoms with van der Waals surface area (Å²) in [5, 5.41) is 15.7. The first-order valence-corrected chi connectivity index (χ1v) is 27.5. The Morgan fingerprint density at radius 2 is 1.60 bits per heavy atom. The zero-order valence-corrected chi connectivity index (χ0v) is 53.1. The molecule has 3 aromatic carbocycles. The second-order valence-electron chi connectivity index (χ2n) is 20.6. The van der Waals surface area contributed by atoms with Crippen molar-refractivity contribution in [2.45, 2.75) is 104 Å². The number of aromatic nitrogens is 1. The van der Waals surface area contributed by atoms with Crippen molar-refractivity contribution < 1.29 is 67.0 Å². The van der Waals surface area contributed by atoms with Crippen LogP contribution in [-0.2, 0) is 26.1 Å². The van der Waals surface area contributed by atoms with Gasteiger partial charge in [-0.05, 0) is 117 Å². The maximum absolute atomic E-state index is 5.60. The van der Waals surface area contributed by atoms with E-state index in [2.05, 4.69) is 130 Å². The minimum absolute atomic E-state index is 0. The predicted molar refractivity (Wildman–Crippen MR) is 298 cm³/mol. The Morgan fingerprint density at radius 3 is 2.42 bits per heavy atom. The molecule has 0 N–H and O–H groups in total. The van der Waals surface area contributed by atoms with Crippen LogP contribution in [0.25, 0.3) is 26.9 Å². The molecule has 0 radical (unpaired) electrons. The van der Waals surface area contributed by atoms with Crippen molar-refractivity contribution in [3.63, 3.8) is 0 Å². The largest absolute Gasteiger partial charge is 2.00 e. The standard InChI is InChI=1S/C31H38N4O.C30H44N5.2U/c1-36-30-12-6-5-11-29(30)35-18-16-33(17-19-35)21-25-20-26-22-34(15-13-24-8-3-2-4-9-24)23-28(26)31-27(25)10-7-14-32-31;1-4-14-31-15-9-19-35-20-13-28-26(23-35)21-25(27-11-8-18-34(3)30(27)28)22-32-16-17-33-29-12-7-6-10-24(29)5-2;;/h5-8,10-12,14,20H,2-4,9,13,15-19,21-23H2,1H3;6-7,10-12,21,30H,4-5,8-9,13-20,22-23H2,1-3H3;;/q;-3;;+2. The molecule has 1 unspecified atom stereocenters. The molecule has 5 heterocycles. The quantitative estimate of drug-likeness (QED) is 0.0644. The van der Waals surface area contributed by atoms with Crippen LogP contribution >= 0.6 is 0 Å². The summed E-state index contributed by atoms with van der Waals surface area (Å²) in [5.74, 6) is 0.964. The zero-order valence-electron chi connectivity index (χ0n) is 44.8. The molecule has 386 valence electrons. The SMILES string of the molecule is CCC[N-]CCCN1CCC2=C(C=C(C[N-]CC[N-]c3ccccc3CC)C3=CCCN(C)C32)C1.COc1ccccc1N1CCN(Cc2cc3c(c4ncccc24)CN(CCC2=CCCCC2)C3)CC1.[U+2].[U]. The number of anilines is 1. The van der Waals surface area contributed by atoms with Gasteiger partial charge in [0.15, 0.2) is 0 Å². The number of methoxy groups -OCH3 is 1. The number of ether oxygens (including phenoxy) is 1. The molecule has 2 aliphatic carbocycles. The number of hydrogen-bond acceptors (Lipinski definition) is 7. The smallest absolute Gasteiger partial charge is 0.685 e. The van der Waals surface area contributed by atoms with E-state index in [1.807, 2.05) is 12.3 Å². The van der Waals surface area contributed by atoms with Crippen molar-refractivity contribution in [3.8, 4) is 5.75 Å². The number of rotatable bonds is 20. The van der Waals surface area contributed by atoms with Gasteiger partial charge in [-0.15, -0.1) is 25.3 Å². The van der Waals surface area contributed by atoms with Gasteiger partial charge in [-0.25, -0.2) is 0 Å². The first-order valence-electron chi connectivity index (χ1n) is 27.5. The number of hydrogen-bond donors (Lipinski definition) is 0. The third-order valence-corrected chi connectivity index (χ3v) is 15.8. The Labute approximate surface area is 487 Å². The van der Waals surface area contributed by atoms with Crippen LogP contribution < -0.4 is 9.64 Å². The van der Waals surface area contributed by atoms with E-state index in [0.29, 0.717) is 6.04 Å². The van der Waals surface area contributed by atoms with E-state index in [4.69, 9.17) is 20.4 Å². The van der Waals surface area contributed by atoms with Crippen molar-refractivity contribution in [2.75, 3.05) is 111 Å². The van der Waals surface area contributed by atoms with E-state index in [1.165, 1.54) is 101 Å². The van der Waals surface area contributed by atoms with Crippen molar-refractivity contribution in [3.05, 3.63) is 157 Å². The molecule has 1 atom stereocenters. The Bertz CT molecular complexity index is 2510. The van der Waals surface area contributed by atoms with Gasteiger partial charge in [0.1, 0.15) is 5.75 Å². The van der Waals surface area contributed by atoms with Crippen molar-refractivity contribution in [1.29, 1.82) is 0 Å². The van der Waals surface area contributed by atoms with Crippen LogP contribution in [0.15, 0.2) is 119 Å². The predicted octanol–water partition coefficient (Wildman–Crippen LogP) is 12.1. The summed E-state index contributed by atoms with van der Waals surface area (Å²) in [5.41, 5.74) is 17.1. The van der Waals surface area contributed by atoms with Gasteiger partial charge in [-0.1, -0.05) is 110 Å². The fourth-order valence-corrected chi connectivity index (χ4v) is 11.9. The van der Waals surface area contributed by atoms with E-state index >= 15 is 0 Å². The Balaban J connectivity index is 0.000000208. The molecule has 0 amide bonds. The molecule has 73 heavy (non-hydrogen) atoms. The Kier molecular flexibility index (Phi) is 23.6. The Hall–Kier alpha value is -2.71. The summed E-state index contributed by atoms with van der Waals surface area (Å²) in [6.07, 6.45) is 21.7. The third kappa shape index (κ3) is 15.3. The van der Waals surface area contributed by atoms with Gasteiger partial charge in [-0.2, -0.15) is 13.1 Å². The van der Waals surface area contributed by atoms with Crippen LogP contribution in [0.5, 0.6) is 5.75 Å². The van der Waals surface area contributed by atoms with Gasteiger partial charge in [0.05, 0.1) is 24.4 Å². The van der Waals surface area contributed by atoms with E-state index < -0.39 is 0 Å². The minimum atomic E-state index is 0. The number of allylic oxidation sites excluding steroid dienone is 1. The molecular formula is C61H82N9OU2-. The molecule has 6 aliphatic rings. The maximum atomic E-state index is 5.60. The molecule has 4 aliphatic heterocycles. The van der Waals surface area contributed by atoms with Crippen molar-refractivity contribution in [1.82, 2.24) is 24.6 Å². The zero-order chi connectivity index (χ0) is 48.8. The molecule has 1 aromatic heterocycles. The van der Waals surface area contributed by atoms with E-state index in [9.17, 15) is 0 Å². The Morgan fingerprint density at radius 1 is 0.753 bits per heavy atom. The first-order chi connectivity index (χ1) is 35.0. The normalized spacial score (nSPS) is 19.3. The third-order valence-electron chi connectivity index (χ3n) is 15.8. The summed E-state index contributed by atoms with van der Waals surface area (Å²) >= 11 is 0. The molecule has 0 saturated carbocycles. The van der Waals surface area contributed by atoms with Crippen LogP contribution in [0, 0.1) is 62.2 Å². The van der Waals surface area contributed by atoms with Crippen LogP contribution in [0.4, 0.5) is 11.4 Å². The summed E-state index contributed by atoms with van der Waals surface area (Å²) in [4.78, 5) is 17.8. The van der Waals surface area contributed by atoms with E-state index in [-0.39, 0.29) is 62.2 Å². The number of nitrogens with zero attached hydrogens (tertiary/aromatic N) is 9. The number of pyridine rings is 1. The molecular weight excluding hydrogens is 1350 g/mol. The number of piperazine rings is 1. The van der Waals surface area contributed by atoms with Gasteiger partial charge in [-0.3, -0.25) is 24.6 Å². The fourth-order valence-electron chi connectivity index (χ4n) is 11.9. The van der Waals surface area contributed by atoms with Gasteiger partial charge >= 0.3 is 31.1 Å².